The topological polar surface area (TPSA) is 50.7 Å². The van der Waals surface area contributed by atoms with E-state index in [2.05, 4.69) is 5.32 Å². The van der Waals surface area contributed by atoms with Gasteiger partial charge in [-0.3, -0.25) is 0 Å². The number of hydrogen-bond donors (Lipinski definition) is 2. The van der Waals surface area contributed by atoms with Crippen molar-refractivity contribution in [2.75, 3.05) is 33.9 Å². The standard InChI is InChI=1S/C14H23NO3/c1-10-7-11(2)14(18-4)12(8-10)13(16)9-15-5-6-17-3/h7-8,13,15-16H,5-6,9H2,1-4H3. The number of nitrogens with one attached hydrogen (secondary N) is 1. The fourth-order valence-corrected chi connectivity index (χ4v) is 2.04. The van der Waals surface area contributed by atoms with Crippen LogP contribution in [0.5, 0.6) is 5.75 Å². The molecule has 0 aliphatic rings. The molecule has 102 valence electrons. The highest BCUT2D eigenvalue weighted by atomic mass is 16.5. The lowest BCUT2D eigenvalue weighted by Gasteiger charge is -2.18. The van der Waals surface area contributed by atoms with Gasteiger partial charge in [-0.25, -0.2) is 0 Å². The normalized spacial score (nSPS) is 12.5. The highest BCUT2D eigenvalue weighted by Gasteiger charge is 2.15. The summed E-state index contributed by atoms with van der Waals surface area (Å²) >= 11 is 0. The molecule has 0 aliphatic carbocycles. The van der Waals surface area contributed by atoms with E-state index in [4.69, 9.17) is 9.47 Å². The van der Waals surface area contributed by atoms with E-state index in [0.29, 0.717) is 13.2 Å². The van der Waals surface area contributed by atoms with E-state index in [9.17, 15) is 5.11 Å². The molecule has 1 unspecified atom stereocenters. The van der Waals surface area contributed by atoms with Crippen LogP contribution in [0, 0.1) is 13.8 Å². The third-order valence-electron chi connectivity index (χ3n) is 2.83. The average molecular weight is 253 g/mol. The van der Waals surface area contributed by atoms with E-state index in [1.54, 1.807) is 14.2 Å². The van der Waals surface area contributed by atoms with Crippen LogP contribution in [0.15, 0.2) is 12.1 Å². The maximum atomic E-state index is 10.2. The molecule has 2 N–H and O–H groups in total. The second kappa shape index (κ2) is 7.36. The second-order valence-electron chi connectivity index (χ2n) is 4.42. The first-order valence-corrected chi connectivity index (χ1v) is 6.13. The lowest BCUT2D eigenvalue weighted by atomic mass is 10.0. The molecule has 4 nitrogen and oxygen atoms in total. The van der Waals surface area contributed by atoms with Crippen LogP contribution < -0.4 is 10.1 Å². The van der Waals surface area contributed by atoms with Crippen molar-refractivity contribution in [3.63, 3.8) is 0 Å². The molecule has 1 aromatic carbocycles. The zero-order valence-corrected chi connectivity index (χ0v) is 11.6. The monoisotopic (exact) mass is 253 g/mol. The van der Waals surface area contributed by atoms with Crippen LogP contribution in [0.3, 0.4) is 0 Å². The smallest absolute Gasteiger partial charge is 0.127 e. The Morgan fingerprint density at radius 1 is 1.28 bits per heavy atom. The van der Waals surface area contributed by atoms with E-state index in [-0.39, 0.29) is 0 Å². The Labute approximate surface area is 109 Å². The Kier molecular flexibility index (Phi) is 6.12. The highest BCUT2D eigenvalue weighted by molar-refractivity contribution is 5.45. The molecule has 0 fully saturated rings. The maximum absolute atomic E-state index is 10.2. The summed E-state index contributed by atoms with van der Waals surface area (Å²) in [5.74, 6) is 0.765. The zero-order chi connectivity index (χ0) is 13.5. The molecule has 0 aliphatic heterocycles. The van der Waals surface area contributed by atoms with Gasteiger partial charge in [-0.1, -0.05) is 11.6 Å². The predicted octanol–water partition coefficient (Wildman–Crippen LogP) is 1.58. The third kappa shape index (κ3) is 3.98. The minimum absolute atomic E-state index is 0.489. The summed E-state index contributed by atoms with van der Waals surface area (Å²) in [6.45, 7) is 5.85. The molecule has 0 saturated carbocycles. The number of rotatable bonds is 7. The summed E-state index contributed by atoms with van der Waals surface area (Å²) in [5.41, 5.74) is 3.00. The molecular weight excluding hydrogens is 230 g/mol. The summed E-state index contributed by atoms with van der Waals surface area (Å²) in [6.07, 6.45) is -0.574. The Bertz CT molecular complexity index is 380. The summed E-state index contributed by atoms with van der Waals surface area (Å²) in [5, 5.41) is 13.3. The van der Waals surface area contributed by atoms with Crippen molar-refractivity contribution in [2.45, 2.75) is 20.0 Å². The average Bonchev–Trinajstić information content (AvgIpc) is 2.33. The minimum atomic E-state index is -0.574. The van der Waals surface area contributed by atoms with Gasteiger partial charge in [-0.15, -0.1) is 0 Å². The predicted molar refractivity (Wildman–Crippen MR) is 72.2 cm³/mol. The zero-order valence-electron chi connectivity index (χ0n) is 11.6. The molecule has 0 aromatic heterocycles. The van der Waals surface area contributed by atoms with Crippen LogP contribution in [-0.4, -0.2) is 39.0 Å². The van der Waals surface area contributed by atoms with Gasteiger partial charge in [0.1, 0.15) is 5.75 Å². The molecule has 1 atom stereocenters. The highest BCUT2D eigenvalue weighted by Crippen LogP contribution is 2.29. The molecular formula is C14H23NO3. The van der Waals surface area contributed by atoms with Crippen molar-refractivity contribution in [1.29, 1.82) is 0 Å². The van der Waals surface area contributed by atoms with Crippen molar-refractivity contribution in [2.24, 2.45) is 0 Å². The van der Waals surface area contributed by atoms with Gasteiger partial charge in [0.2, 0.25) is 0 Å². The van der Waals surface area contributed by atoms with Crippen LogP contribution >= 0.6 is 0 Å². The summed E-state index contributed by atoms with van der Waals surface area (Å²) in [6, 6.07) is 4.02. The van der Waals surface area contributed by atoms with Gasteiger partial charge in [0, 0.05) is 25.8 Å². The summed E-state index contributed by atoms with van der Waals surface area (Å²) in [4.78, 5) is 0. The summed E-state index contributed by atoms with van der Waals surface area (Å²) < 4.78 is 10.3. The SMILES string of the molecule is COCCNCC(O)c1cc(C)cc(C)c1OC. The Hall–Kier alpha value is -1.10. The van der Waals surface area contributed by atoms with Crippen LogP contribution in [0.1, 0.15) is 22.8 Å². The summed E-state index contributed by atoms with van der Waals surface area (Å²) in [7, 11) is 3.29. The molecule has 0 amide bonds. The molecule has 0 heterocycles. The van der Waals surface area contributed by atoms with Gasteiger partial charge in [0.05, 0.1) is 19.8 Å². The van der Waals surface area contributed by atoms with Crippen molar-refractivity contribution in [3.05, 3.63) is 28.8 Å². The molecule has 0 saturated heterocycles. The molecule has 1 aromatic rings. The van der Waals surface area contributed by atoms with Crippen molar-refractivity contribution in [3.8, 4) is 5.75 Å². The van der Waals surface area contributed by atoms with E-state index in [0.717, 1.165) is 29.0 Å². The number of hydrogen-bond acceptors (Lipinski definition) is 4. The Morgan fingerprint density at radius 2 is 2.00 bits per heavy atom. The molecule has 0 bridgehead atoms. The molecule has 4 heteroatoms. The van der Waals surface area contributed by atoms with Gasteiger partial charge in [0.15, 0.2) is 0 Å². The lowest BCUT2D eigenvalue weighted by molar-refractivity contribution is 0.158. The fraction of sp³-hybridized carbons (Fsp3) is 0.571. The number of aliphatic hydroxyl groups excluding tert-OH is 1. The minimum Gasteiger partial charge on any atom is -0.496 e. The van der Waals surface area contributed by atoms with Crippen LogP contribution in [-0.2, 0) is 4.74 Å². The van der Waals surface area contributed by atoms with Crippen LogP contribution in [0.4, 0.5) is 0 Å². The number of aryl methyl sites for hydroxylation is 2. The van der Waals surface area contributed by atoms with E-state index < -0.39 is 6.10 Å². The maximum Gasteiger partial charge on any atom is 0.127 e. The van der Waals surface area contributed by atoms with Crippen LogP contribution in [0.2, 0.25) is 0 Å². The van der Waals surface area contributed by atoms with Crippen LogP contribution in [0.25, 0.3) is 0 Å². The molecule has 18 heavy (non-hydrogen) atoms. The molecule has 0 spiro atoms. The molecule has 1 rings (SSSR count). The third-order valence-corrected chi connectivity index (χ3v) is 2.83. The Balaban J connectivity index is 2.74. The van der Waals surface area contributed by atoms with E-state index in [1.165, 1.54) is 0 Å². The fourth-order valence-electron chi connectivity index (χ4n) is 2.04. The quantitative estimate of drug-likeness (QED) is 0.724. The van der Waals surface area contributed by atoms with Crippen molar-refractivity contribution >= 4 is 0 Å². The number of aliphatic hydroxyl groups is 1. The number of benzene rings is 1. The second-order valence-corrected chi connectivity index (χ2v) is 4.42. The van der Waals surface area contributed by atoms with Crippen molar-refractivity contribution < 1.29 is 14.6 Å². The van der Waals surface area contributed by atoms with Gasteiger partial charge in [-0.05, 0) is 25.5 Å². The van der Waals surface area contributed by atoms with Crippen molar-refractivity contribution in [1.82, 2.24) is 5.32 Å². The van der Waals surface area contributed by atoms with Gasteiger partial charge in [-0.2, -0.15) is 0 Å². The van der Waals surface area contributed by atoms with Gasteiger partial charge < -0.3 is 19.9 Å². The largest absolute Gasteiger partial charge is 0.496 e. The number of methoxy groups -OCH3 is 2. The Morgan fingerprint density at radius 3 is 2.61 bits per heavy atom. The van der Waals surface area contributed by atoms with Gasteiger partial charge >= 0.3 is 0 Å². The van der Waals surface area contributed by atoms with E-state index in [1.807, 2.05) is 26.0 Å². The first kappa shape index (κ1) is 15.0. The molecule has 0 radical (unpaired) electrons. The first-order valence-electron chi connectivity index (χ1n) is 6.13. The van der Waals surface area contributed by atoms with Gasteiger partial charge in [0.25, 0.3) is 0 Å². The first-order chi connectivity index (χ1) is 8.60. The number of ether oxygens (including phenoxy) is 2. The lowest BCUT2D eigenvalue weighted by Crippen LogP contribution is -2.25. The van der Waals surface area contributed by atoms with E-state index >= 15 is 0 Å².